The van der Waals surface area contributed by atoms with E-state index >= 15 is 0 Å². The summed E-state index contributed by atoms with van der Waals surface area (Å²) in [4.78, 5) is 0. The maximum Gasteiger partial charge on any atom is 0.182 e. The maximum atomic E-state index is 12.5. The molecule has 4 N–H and O–H groups in total. The number of hydrazone groups is 1. The average Bonchev–Trinajstić information content (AvgIpc) is 2.69. The Morgan fingerprint density at radius 2 is 2.50 bits per heavy atom. The van der Waals surface area contributed by atoms with Crippen molar-refractivity contribution in [3.05, 3.63) is 35.8 Å². The fourth-order valence-corrected chi connectivity index (χ4v) is 0.661. The molecule has 0 aromatic carbocycles. The van der Waals surface area contributed by atoms with E-state index in [2.05, 4.69) is 10.5 Å². The summed E-state index contributed by atoms with van der Waals surface area (Å²) in [6, 6.07) is 3.37. The highest BCUT2D eigenvalue weighted by molar-refractivity contribution is 5.76. The van der Waals surface area contributed by atoms with Crippen molar-refractivity contribution in [2.24, 2.45) is 10.8 Å². The molecule has 0 aliphatic carbocycles. The van der Waals surface area contributed by atoms with Gasteiger partial charge in [0.2, 0.25) is 0 Å². The molecular weight excluding hydrogens is 187 g/mol. The third-order valence-electron chi connectivity index (χ3n) is 1.30. The Kier molecular flexibility index (Phi) is 3.42. The topological polar surface area (TPSA) is 87.4 Å². The van der Waals surface area contributed by atoms with Crippen molar-refractivity contribution in [2.75, 3.05) is 0 Å². The summed E-state index contributed by atoms with van der Waals surface area (Å²) >= 11 is 0. The number of nitrogens with one attached hydrogen (secondary N) is 2. The highest BCUT2D eigenvalue weighted by Crippen LogP contribution is 1.96. The second kappa shape index (κ2) is 4.80. The van der Waals surface area contributed by atoms with Crippen LogP contribution in [-0.2, 0) is 0 Å². The van der Waals surface area contributed by atoms with Gasteiger partial charge in [0.15, 0.2) is 11.6 Å². The molecule has 6 heteroatoms. The minimum atomic E-state index is -0.874. The number of hydrogen-bond acceptors (Lipinski definition) is 5. The van der Waals surface area contributed by atoms with E-state index in [1.165, 1.54) is 12.5 Å². The van der Waals surface area contributed by atoms with Gasteiger partial charge >= 0.3 is 0 Å². The smallest absolute Gasteiger partial charge is 0.182 e. The van der Waals surface area contributed by atoms with Crippen LogP contribution in [0.5, 0.6) is 0 Å². The predicted molar refractivity (Wildman–Crippen MR) is 50.5 cm³/mol. The molecule has 0 atom stereocenters. The van der Waals surface area contributed by atoms with Crippen molar-refractivity contribution in [3.63, 3.8) is 0 Å². The first-order chi connectivity index (χ1) is 6.74. The first-order valence-corrected chi connectivity index (χ1v) is 3.72. The highest BCUT2D eigenvalue weighted by Gasteiger charge is 1.95. The number of hydrogen-bond donors (Lipinski definition) is 3. The van der Waals surface area contributed by atoms with Crippen LogP contribution >= 0.6 is 0 Å². The fourth-order valence-electron chi connectivity index (χ4n) is 0.661. The van der Waals surface area contributed by atoms with E-state index in [4.69, 9.17) is 15.6 Å². The summed E-state index contributed by atoms with van der Waals surface area (Å²) in [5.74, 6) is -0.676. The summed E-state index contributed by atoms with van der Waals surface area (Å²) < 4.78 is 17.5. The van der Waals surface area contributed by atoms with Crippen molar-refractivity contribution < 1.29 is 8.81 Å². The number of nitrogens with two attached hydrogens (primary N) is 1. The minimum absolute atomic E-state index is 0.317. The van der Waals surface area contributed by atoms with E-state index in [0.29, 0.717) is 12.0 Å². The normalized spacial score (nSPS) is 12.6. The molecule has 0 radical (unpaired) electrons. The van der Waals surface area contributed by atoms with Crippen LogP contribution in [0.2, 0.25) is 0 Å². The molecule has 1 heterocycles. The van der Waals surface area contributed by atoms with Crippen LogP contribution in [0.3, 0.4) is 0 Å². The van der Waals surface area contributed by atoms with Gasteiger partial charge in [-0.2, -0.15) is 5.10 Å². The lowest BCUT2D eigenvalue weighted by Crippen LogP contribution is -2.16. The number of allylic oxidation sites excluding steroid dienone is 1. The zero-order chi connectivity index (χ0) is 10.4. The Bertz CT molecular complexity index is 355. The van der Waals surface area contributed by atoms with Crippen molar-refractivity contribution in [2.45, 2.75) is 0 Å². The molecule has 0 amide bonds. The average molecular weight is 196 g/mol. The Labute approximate surface area is 79.6 Å². The van der Waals surface area contributed by atoms with Gasteiger partial charge in [-0.3, -0.25) is 5.43 Å². The monoisotopic (exact) mass is 196 g/mol. The zero-order valence-corrected chi connectivity index (χ0v) is 7.20. The molecule has 0 bridgehead atoms. The maximum absolute atomic E-state index is 12.5. The molecule has 0 saturated carbocycles. The fraction of sp³-hybridized carbons (Fsp3) is 0. The van der Waals surface area contributed by atoms with E-state index in [-0.39, 0.29) is 5.82 Å². The van der Waals surface area contributed by atoms with E-state index in [0.717, 1.165) is 0 Å². The van der Waals surface area contributed by atoms with Gasteiger partial charge in [0, 0.05) is 0 Å². The molecule has 0 spiro atoms. The zero-order valence-electron chi connectivity index (χ0n) is 7.20. The third kappa shape index (κ3) is 2.74. The van der Waals surface area contributed by atoms with Crippen LogP contribution < -0.4 is 11.2 Å². The molecule has 1 aromatic rings. The second-order valence-corrected chi connectivity index (χ2v) is 2.29. The number of halogens is 1. The standard InChI is InChI=1S/C8H9FN4O/c9-7(4-10)8(11)13-12-5-6-2-1-3-14-6/h1-5,10,13H,11H2/b8-7-,10-4?,12-5+. The van der Waals surface area contributed by atoms with Crippen LogP contribution in [0.15, 0.2) is 39.6 Å². The molecule has 1 aromatic heterocycles. The molecule has 14 heavy (non-hydrogen) atoms. The summed E-state index contributed by atoms with van der Waals surface area (Å²) in [5.41, 5.74) is 7.38. The molecule has 74 valence electrons. The van der Waals surface area contributed by atoms with Gasteiger partial charge in [-0.15, -0.1) is 0 Å². The molecular formula is C8H9FN4O. The third-order valence-corrected chi connectivity index (χ3v) is 1.30. The molecule has 0 aliphatic heterocycles. The Morgan fingerprint density at radius 1 is 1.71 bits per heavy atom. The van der Waals surface area contributed by atoms with Gasteiger partial charge in [-0.25, -0.2) is 4.39 Å². The minimum Gasteiger partial charge on any atom is -0.463 e. The van der Waals surface area contributed by atoms with Crippen molar-refractivity contribution >= 4 is 12.4 Å². The van der Waals surface area contributed by atoms with E-state index in [1.54, 1.807) is 12.1 Å². The van der Waals surface area contributed by atoms with Gasteiger partial charge in [0.05, 0.1) is 18.7 Å². The molecule has 0 fully saturated rings. The first kappa shape index (κ1) is 9.97. The van der Waals surface area contributed by atoms with Crippen molar-refractivity contribution in [3.8, 4) is 0 Å². The number of rotatable bonds is 4. The highest BCUT2D eigenvalue weighted by atomic mass is 19.1. The van der Waals surface area contributed by atoms with E-state index in [1.807, 2.05) is 0 Å². The van der Waals surface area contributed by atoms with Crippen LogP contribution in [0, 0.1) is 5.41 Å². The lowest BCUT2D eigenvalue weighted by atomic mass is 10.5. The Hall–Kier alpha value is -2.11. The van der Waals surface area contributed by atoms with E-state index < -0.39 is 5.83 Å². The summed E-state index contributed by atoms with van der Waals surface area (Å²) in [6.07, 6.45) is 3.31. The van der Waals surface area contributed by atoms with Gasteiger partial charge in [-0.05, 0) is 12.1 Å². The van der Waals surface area contributed by atoms with Gasteiger partial charge in [0.1, 0.15) is 5.76 Å². The Morgan fingerprint density at radius 3 is 3.07 bits per heavy atom. The molecule has 1 rings (SSSR count). The van der Waals surface area contributed by atoms with E-state index in [9.17, 15) is 4.39 Å². The second-order valence-electron chi connectivity index (χ2n) is 2.29. The molecule has 5 nitrogen and oxygen atoms in total. The molecule has 0 unspecified atom stereocenters. The lowest BCUT2D eigenvalue weighted by Gasteiger charge is -1.97. The molecule has 0 aliphatic rings. The number of furan rings is 1. The lowest BCUT2D eigenvalue weighted by molar-refractivity contribution is 0.559. The van der Waals surface area contributed by atoms with Crippen LogP contribution in [0.25, 0.3) is 0 Å². The van der Waals surface area contributed by atoms with Gasteiger partial charge < -0.3 is 15.6 Å². The SMILES string of the molecule is N=C/C(F)=C(\N)N/N=C/c1ccco1. The van der Waals surface area contributed by atoms with Crippen molar-refractivity contribution in [1.82, 2.24) is 5.43 Å². The summed E-state index contributed by atoms with van der Waals surface area (Å²) in [6.45, 7) is 0. The number of nitrogens with zero attached hydrogens (tertiary/aromatic N) is 1. The largest absolute Gasteiger partial charge is 0.463 e. The van der Waals surface area contributed by atoms with Crippen LogP contribution in [0.4, 0.5) is 4.39 Å². The van der Waals surface area contributed by atoms with Crippen molar-refractivity contribution in [1.29, 1.82) is 5.41 Å². The first-order valence-electron chi connectivity index (χ1n) is 3.72. The van der Waals surface area contributed by atoms with Crippen LogP contribution in [-0.4, -0.2) is 12.4 Å². The summed E-state index contributed by atoms with van der Waals surface area (Å²) in [5, 5.41) is 10.2. The Balaban J connectivity index is 2.53. The molecule has 0 saturated heterocycles. The predicted octanol–water partition coefficient (Wildman–Crippen LogP) is 0.950. The van der Waals surface area contributed by atoms with Crippen LogP contribution in [0.1, 0.15) is 5.76 Å². The van der Waals surface area contributed by atoms with Gasteiger partial charge in [-0.1, -0.05) is 0 Å². The summed E-state index contributed by atoms with van der Waals surface area (Å²) in [7, 11) is 0. The quantitative estimate of drug-likeness (QED) is 0.495. The van der Waals surface area contributed by atoms with Gasteiger partial charge in [0.25, 0.3) is 0 Å².